The van der Waals surface area contributed by atoms with Gasteiger partial charge in [-0.25, -0.2) is 0 Å². The van der Waals surface area contributed by atoms with Gasteiger partial charge >= 0.3 is 29.6 Å². The summed E-state index contributed by atoms with van der Waals surface area (Å²) in [5, 5.41) is 3.57. The van der Waals surface area contributed by atoms with Crippen LogP contribution < -0.4 is 45.9 Å². The molecule has 0 saturated heterocycles. The van der Waals surface area contributed by atoms with E-state index < -0.39 is 73.3 Å². The van der Waals surface area contributed by atoms with Gasteiger partial charge in [0.1, 0.15) is 9.79 Å². The molecule has 2 amide bonds. The normalized spacial score (nSPS) is 11.9. The number of carbonyl (C=O) groups excluding carboxylic acids is 2. The summed E-state index contributed by atoms with van der Waals surface area (Å²) in [4.78, 5) is 22.7. The molecule has 0 unspecified atom stereocenters. The van der Waals surface area contributed by atoms with E-state index in [1.165, 1.54) is 30.3 Å². The number of carbonyl (C=O) groups is 2. The van der Waals surface area contributed by atoms with Crippen LogP contribution >= 0.6 is 0 Å². The third kappa shape index (κ3) is 7.58. The number of amides is 2. The third-order valence-corrected chi connectivity index (χ3v) is 8.63. The molecule has 4 aromatic carbocycles. The van der Waals surface area contributed by atoms with Crippen LogP contribution in [0, 0.1) is 6.92 Å². The number of hydrogen-bond donors (Lipinski definition) is 6. The number of aryl methyl sites for hydroxylation is 1. The maximum Gasteiger partial charge on any atom is 1.00 e. The van der Waals surface area contributed by atoms with Crippen LogP contribution in [0.4, 0.5) is 17.1 Å². The van der Waals surface area contributed by atoms with Crippen LogP contribution in [0.5, 0.6) is 0 Å². The molecule has 0 heterocycles. The molecule has 18 heteroatoms. The molecule has 7 N–H and O–H groups in total. The minimum absolute atomic E-state index is 0. The molecule has 0 spiro atoms. The van der Waals surface area contributed by atoms with Gasteiger partial charge in [-0.1, -0.05) is 12.1 Å². The van der Waals surface area contributed by atoms with E-state index in [-0.39, 0.29) is 46.4 Å². The van der Waals surface area contributed by atoms with E-state index in [1.807, 2.05) is 0 Å². The number of anilines is 3. The smallest absolute Gasteiger partial charge is 0.399 e. The second-order valence-corrected chi connectivity index (χ2v) is 13.1. The zero-order chi connectivity index (χ0) is 31.2. The molecule has 0 atom stereocenters. The molecule has 0 saturated carbocycles. The number of nitrogen functional groups attached to an aromatic ring is 1. The van der Waals surface area contributed by atoms with Crippen molar-refractivity contribution in [3.63, 3.8) is 0 Å². The largest absolute Gasteiger partial charge is 1.00 e. The Balaban J connectivity index is 0.00000506. The Morgan fingerprint density at radius 3 is 1.81 bits per heavy atom. The van der Waals surface area contributed by atoms with E-state index in [0.717, 1.165) is 12.1 Å². The summed E-state index contributed by atoms with van der Waals surface area (Å²) in [7, 11) is -15.6. The van der Waals surface area contributed by atoms with E-state index in [9.17, 15) is 48.5 Å². The van der Waals surface area contributed by atoms with Crippen LogP contribution in [0.1, 0.15) is 26.3 Å². The molecule has 0 aliphatic rings. The van der Waals surface area contributed by atoms with Crippen molar-refractivity contribution >= 4 is 70.0 Å². The molecular formula is C25H21N3NaO11S3+. The summed E-state index contributed by atoms with van der Waals surface area (Å²) in [6.07, 6.45) is 0. The molecule has 14 nitrogen and oxygen atoms in total. The number of hydrogen-bond acceptors (Lipinski definition) is 9. The molecule has 0 fully saturated rings. The number of rotatable bonds is 7. The van der Waals surface area contributed by atoms with E-state index in [2.05, 4.69) is 10.6 Å². The zero-order valence-corrected chi connectivity index (χ0v) is 26.7. The van der Waals surface area contributed by atoms with E-state index in [4.69, 9.17) is 5.73 Å². The standard InChI is InChI=1S/C25H21N3O11S3.Na/c1-13-5-6-15(10-20(13)28-24(29)14-3-2-4-16(26)9-14)25(30)27-19-7-8-21(41(34,35)36)18-11-17(40(31,32)33)12-22(23(18)19)42(37,38)39;/h2-12H,26H2,1H3,(H,27,30)(H,28,29)(H,31,32,33)(H,34,35,36)(H,37,38,39);/q;+1. The van der Waals surface area contributed by atoms with Gasteiger partial charge in [0.05, 0.1) is 10.6 Å². The molecule has 0 bridgehead atoms. The maximum absolute atomic E-state index is 13.2. The first kappa shape index (κ1) is 34.1. The fraction of sp³-hybridized carbons (Fsp3) is 0.0400. The minimum Gasteiger partial charge on any atom is -0.399 e. The van der Waals surface area contributed by atoms with E-state index in [0.29, 0.717) is 23.4 Å². The molecule has 0 radical (unpaired) electrons. The fourth-order valence-electron chi connectivity index (χ4n) is 4.04. The van der Waals surface area contributed by atoms with Crippen molar-refractivity contribution in [2.24, 2.45) is 0 Å². The minimum atomic E-state index is -5.31. The molecule has 4 rings (SSSR count). The van der Waals surface area contributed by atoms with Crippen LogP contribution in [0.2, 0.25) is 0 Å². The van der Waals surface area contributed by atoms with E-state index in [1.54, 1.807) is 19.1 Å². The number of nitrogens with two attached hydrogens (primary N) is 1. The van der Waals surface area contributed by atoms with Crippen molar-refractivity contribution in [2.45, 2.75) is 21.6 Å². The van der Waals surface area contributed by atoms with E-state index >= 15 is 0 Å². The van der Waals surface area contributed by atoms with Gasteiger partial charge in [-0.2, -0.15) is 25.3 Å². The van der Waals surface area contributed by atoms with Gasteiger partial charge in [-0.15, -0.1) is 0 Å². The molecule has 0 aromatic heterocycles. The SMILES string of the molecule is Cc1ccc(C(=O)Nc2ccc(S(=O)(=O)O)c3cc(S(=O)(=O)O)cc(S(=O)(=O)O)c23)cc1NC(=O)c1cccc(N)c1.[Na+]. The summed E-state index contributed by atoms with van der Waals surface area (Å²) in [5.74, 6) is -1.42. The molecule has 43 heavy (non-hydrogen) atoms. The molecule has 220 valence electrons. The van der Waals surface area contributed by atoms with Crippen molar-refractivity contribution in [1.82, 2.24) is 0 Å². The second kappa shape index (κ2) is 12.3. The summed E-state index contributed by atoms with van der Waals surface area (Å²) >= 11 is 0. The van der Waals surface area contributed by atoms with Gasteiger partial charge in [-0.05, 0) is 67.1 Å². The van der Waals surface area contributed by atoms with Crippen LogP contribution in [-0.2, 0) is 30.4 Å². The third-order valence-electron chi connectivity index (χ3n) is 6.01. The Hall–Kier alpha value is -3.39. The second-order valence-electron chi connectivity index (χ2n) is 8.94. The van der Waals surface area contributed by atoms with Gasteiger partial charge < -0.3 is 16.4 Å². The van der Waals surface area contributed by atoms with Crippen molar-refractivity contribution in [3.8, 4) is 0 Å². The van der Waals surface area contributed by atoms with Crippen molar-refractivity contribution in [1.29, 1.82) is 0 Å². The van der Waals surface area contributed by atoms with Crippen LogP contribution in [0.15, 0.2) is 81.4 Å². The van der Waals surface area contributed by atoms with Gasteiger partial charge in [0.15, 0.2) is 0 Å². The number of nitrogens with one attached hydrogen (secondary N) is 2. The Labute approximate surface area is 267 Å². The Morgan fingerprint density at radius 1 is 0.674 bits per heavy atom. The number of benzene rings is 4. The van der Waals surface area contributed by atoms with Crippen LogP contribution in [-0.4, -0.2) is 50.7 Å². The summed E-state index contributed by atoms with van der Waals surface area (Å²) in [5.41, 5.74) is 6.65. The van der Waals surface area contributed by atoms with Crippen molar-refractivity contribution < 1.29 is 78.1 Å². The first-order valence-corrected chi connectivity index (χ1v) is 15.8. The quantitative estimate of drug-likeness (QED) is 0.0871. The Kier molecular flexibility index (Phi) is 9.76. The van der Waals surface area contributed by atoms with Crippen LogP contribution in [0.3, 0.4) is 0 Å². The van der Waals surface area contributed by atoms with Gasteiger partial charge in [0.25, 0.3) is 42.2 Å². The summed E-state index contributed by atoms with van der Waals surface area (Å²) < 4.78 is 101. The van der Waals surface area contributed by atoms with Gasteiger partial charge in [-0.3, -0.25) is 23.2 Å². The number of fused-ring (bicyclic) bond motifs is 1. The first-order chi connectivity index (χ1) is 19.4. The fourth-order valence-corrected chi connectivity index (χ4v) is 6.08. The van der Waals surface area contributed by atoms with Crippen LogP contribution in [0.25, 0.3) is 10.8 Å². The average molecular weight is 659 g/mol. The van der Waals surface area contributed by atoms with Gasteiger partial charge in [0, 0.05) is 33.3 Å². The topological polar surface area (TPSA) is 247 Å². The predicted octanol–water partition coefficient (Wildman–Crippen LogP) is -0.0209. The monoisotopic (exact) mass is 658 g/mol. The maximum atomic E-state index is 13.2. The average Bonchev–Trinajstić information content (AvgIpc) is 2.87. The molecule has 0 aliphatic carbocycles. The Bertz CT molecular complexity index is 2130. The summed E-state index contributed by atoms with van der Waals surface area (Å²) in [6, 6.07) is 12.9. The van der Waals surface area contributed by atoms with Gasteiger partial charge in [0.2, 0.25) is 0 Å². The molecule has 4 aromatic rings. The Morgan fingerprint density at radius 2 is 1.26 bits per heavy atom. The zero-order valence-electron chi connectivity index (χ0n) is 22.3. The van der Waals surface area contributed by atoms with Crippen molar-refractivity contribution in [2.75, 3.05) is 16.4 Å². The molecular weight excluding hydrogens is 637 g/mol. The van der Waals surface area contributed by atoms with Crippen molar-refractivity contribution in [3.05, 3.63) is 83.4 Å². The molecule has 0 aliphatic heterocycles. The summed E-state index contributed by atoms with van der Waals surface area (Å²) in [6.45, 7) is 1.66. The predicted molar refractivity (Wildman–Crippen MR) is 151 cm³/mol. The first-order valence-electron chi connectivity index (χ1n) is 11.5.